The number of amides is 4. The van der Waals surface area contributed by atoms with Crippen molar-refractivity contribution >= 4 is 35.2 Å². The Balaban J connectivity index is 1.34. The van der Waals surface area contributed by atoms with E-state index in [1.165, 1.54) is 11.0 Å². The summed E-state index contributed by atoms with van der Waals surface area (Å²) >= 11 is 0. The Morgan fingerprint density at radius 3 is 2.00 bits per heavy atom. The third-order valence-electron chi connectivity index (χ3n) is 8.89. The van der Waals surface area contributed by atoms with Crippen LogP contribution in [0.25, 0.3) is 0 Å². The summed E-state index contributed by atoms with van der Waals surface area (Å²) in [5, 5.41) is 12.4. The van der Waals surface area contributed by atoms with E-state index in [4.69, 9.17) is 10.5 Å². The molecule has 51 heavy (non-hydrogen) atoms. The number of hydrogen-bond acceptors (Lipinski definition) is 7. The first-order chi connectivity index (χ1) is 24.6. The quantitative estimate of drug-likeness (QED) is 0.113. The van der Waals surface area contributed by atoms with Gasteiger partial charge in [-0.15, -0.1) is 0 Å². The van der Waals surface area contributed by atoms with Gasteiger partial charge in [-0.3, -0.25) is 19.3 Å². The van der Waals surface area contributed by atoms with Gasteiger partial charge in [-0.05, 0) is 80.6 Å². The monoisotopic (exact) mass is 690 g/mol. The van der Waals surface area contributed by atoms with Crippen LogP contribution in [0.5, 0.6) is 0 Å². The van der Waals surface area contributed by atoms with Crippen LogP contribution in [0.15, 0.2) is 103 Å². The molecule has 0 radical (unpaired) electrons. The Hall–Kier alpha value is -5.68. The number of cyclic esters (lactones) is 1. The molecular weight excluding hydrogens is 644 g/mol. The summed E-state index contributed by atoms with van der Waals surface area (Å²) in [6.45, 7) is 6.54. The number of nitrogens with one attached hydrogen (secondary N) is 4. The normalized spacial score (nSPS) is 15.1. The second kappa shape index (κ2) is 17.3. The van der Waals surface area contributed by atoms with E-state index in [0.29, 0.717) is 37.4 Å². The molecule has 4 amide bonds. The van der Waals surface area contributed by atoms with Gasteiger partial charge in [0.2, 0.25) is 5.91 Å². The van der Waals surface area contributed by atoms with Crippen molar-refractivity contribution in [3.8, 4) is 0 Å². The maximum Gasteiger partial charge on any atom is 0.414 e. The smallest absolute Gasteiger partial charge is 0.414 e. The van der Waals surface area contributed by atoms with Gasteiger partial charge in [0.15, 0.2) is 0 Å². The van der Waals surface area contributed by atoms with Crippen LogP contribution < -0.4 is 31.9 Å². The Morgan fingerprint density at radius 1 is 0.765 bits per heavy atom. The van der Waals surface area contributed by atoms with E-state index in [9.17, 15) is 19.2 Å². The Labute approximate surface area is 298 Å². The molecule has 0 spiro atoms. The lowest BCUT2D eigenvalue weighted by molar-refractivity contribution is -0.123. The van der Waals surface area contributed by atoms with Crippen molar-refractivity contribution in [2.45, 2.75) is 57.8 Å². The average Bonchev–Trinajstić information content (AvgIpc) is 3.14. The maximum absolute atomic E-state index is 14.0. The van der Waals surface area contributed by atoms with Gasteiger partial charge >= 0.3 is 6.09 Å². The fraction of sp³-hybridized carbons (Fsp3) is 0.300. The second-order valence-corrected chi connectivity index (χ2v) is 12.9. The summed E-state index contributed by atoms with van der Waals surface area (Å²) in [5.74, 6) is -1.00. The van der Waals surface area contributed by atoms with Crippen LogP contribution in [0.1, 0.15) is 76.7 Å². The molecule has 0 aromatic heterocycles. The Bertz CT molecular complexity index is 1800. The average molecular weight is 691 g/mol. The molecule has 1 saturated heterocycles. The van der Waals surface area contributed by atoms with E-state index >= 15 is 0 Å². The first-order valence-corrected chi connectivity index (χ1v) is 17.3. The van der Waals surface area contributed by atoms with Crippen molar-refractivity contribution in [1.82, 2.24) is 21.3 Å². The number of nitrogens with zero attached hydrogens (tertiary/aromatic N) is 1. The number of rotatable bonds is 14. The van der Waals surface area contributed by atoms with Crippen LogP contribution in [0.4, 0.5) is 16.2 Å². The van der Waals surface area contributed by atoms with Gasteiger partial charge in [0.1, 0.15) is 0 Å². The predicted molar refractivity (Wildman–Crippen MR) is 198 cm³/mol. The molecule has 4 aromatic carbocycles. The SMILES string of the molecule is C[C@H](NC[C@H](Cc1ccccc1)NC(=O)c1cc(C(=O)N[C@H](C)c2ccccc2)cc(N2CCCOC2=O)c1)C(=O)N[C@H](C)c1ccc(N)cc1. The summed E-state index contributed by atoms with van der Waals surface area (Å²) in [6, 6.07) is 29.9. The molecular formula is C40H46N6O5. The Morgan fingerprint density at radius 2 is 1.35 bits per heavy atom. The summed E-state index contributed by atoms with van der Waals surface area (Å²) in [4.78, 5) is 54.9. The minimum atomic E-state index is -0.563. The van der Waals surface area contributed by atoms with Gasteiger partial charge < -0.3 is 31.7 Å². The van der Waals surface area contributed by atoms with Crippen molar-refractivity contribution in [2.75, 3.05) is 30.3 Å². The molecule has 11 heteroatoms. The van der Waals surface area contributed by atoms with E-state index in [1.807, 2.05) is 86.6 Å². The molecule has 0 saturated carbocycles. The molecule has 5 rings (SSSR count). The zero-order valence-electron chi connectivity index (χ0n) is 29.2. The largest absolute Gasteiger partial charge is 0.449 e. The van der Waals surface area contributed by atoms with Gasteiger partial charge in [0.05, 0.1) is 24.7 Å². The number of nitrogen functional groups attached to an aromatic ring is 1. The number of carbonyl (C=O) groups excluding carboxylic acids is 4. The number of benzene rings is 4. The molecule has 1 heterocycles. The Kier molecular flexibility index (Phi) is 12.4. The lowest BCUT2D eigenvalue weighted by atomic mass is 10.0. The molecule has 4 atom stereocenters. The van der Waals surface area contributed by atoms with Crippen molar-refractivity contribution in [3.63, 3.8) is 0 Å². The van der Waals surface area contributed by atoms with Gasteiger partial charge in [-0.25, -0.2) is 4.79 Å². The molecule has 0 unspecified atom stereocenters. The van der Waals surface area contributed by atoms with E-state index in [2.05, 4.69) is 21.3 Å². The number of carbonyl (C=O) groups is 4. The van der Waals surface area contributed by atoms with Crippen LogP contribution in [-0.4, -0.2) is 55.6 Å². The van der Waals surface area contributed by atoms with Crippen LogP contribution in [0.3, 0.4) is 0 Å². The van der Waals surface area contributed by atoms with Gasteiger partial charge in [-0.1, -0.05) is 72.8 Å². The topological polar surface area (TPSA) is 155 Å². The molecule has 6 N–H and O–H groups in total. The first kappa shape index (κ1) is 36.6. The highest BCUT2D eigenvalue weighted by atomic mass is 16.6. The number of nitrogens with two attached hydrogens (primary N) is 1. The van der Waals surface area contributed by atoms with Crippen molar-refractivity contribution < 1.29 is 23.9 Å². The highest BCUT2D eigenvalue weighted by Crippen LogP contribution is 2.24. The third-order valence-corrected chi connectivity index (χ3v) is 8.89. The van der Waals surface area contributed by atoms with Crippen molar-refractivity contribution in [3.05, 3.63) is 131 Å². The molecule has 11 nitrogen and oxygen atoms in total. The highest BCUT2D eigenvalue weighted by Gasteiger charge is 2.26. The maximum atomic E-state index is 14.0. The summed E-state index contributed by atoms with van der Waals surface area (Å²) < 4.78 is 5.27. The molecule has 0 aliphatic carbocycles. The lowest BCUT2D eigenvalue weighted by Gasteiger charge is -2.27. The summed E-state index contributed by atoms with van der Waals surface area (Å²) in [5.41, 5.74) is 10.2. The van der Waals surface area contributed by atoms with Crippen LogP contribution >= 0.6 is 0 Å². The second-order valence-electron chi connectivity index (χ2n) is 12.9. The van der Waals surface area contributed by atoms with Crippen molar-refractivity contribution in [2.24, 2.45) is 0 Å². The molecule has 0 bridgehead atoms. The standard InChI is InChI=1S/C40H46N6O5/c1-26(30-13-8-5-9-14-30)44-38(48)32-22-33(24-36(23-32)46-19-10-20-51-40(46)50)39(49)45-35(21-29-11-6-4-7-12-29)25-42-28(3)37(47)43-27(2)31-15-17-34(41)18-16-31/h4-9,11-18,22-24,26-28,35,42H,10,19-21,25,41H2,1-3H3,(H,43,47)(H,44,48)(H,45,49)/t26-,27-,28+,35+/m1/s1. The number of anilines is 2. The van der Waals surface area contributed by atoms with Crippen LogP contribution in [0.2, 0.25) is 0 Å². The number of hydrogen-bond donors (Lipinski definition) is 5. The van der Waals surface area contributed by atoms with Crippen LogP contribution in [0, 0.1) is 0 Å². The van der Waals surface area contributed by atoms with E-state index in [0.717, 1.165) is 16.7 Å². The van der Waals surface area contributed by atoms with E-state index in [1.54, 1.807) is 31.2 Å². The molecule has 1 fully saturated rings. The molecule has 266 valence electrons. The fourth-order valence-corrected chi connectivity index (χ4v) is 5.88. The molecule has 1 aliphatic rings. The minimum absolute atomic E-state index is 0.189. The molecule has 1 aliphatic heterocycles. The lowest BCUT2D eigenvalue weighted by Crippen LogP contribution is -2.50. The zero-order chi connectivity index (χ0) is 36.3. The van der Waals surface area contributed by atoms with Gasteiger partial charge in [-0.2, -0.15) is 0 Å². The fourth-order valence-electron chi connectivity index (χ4n) is 5.88. The first-order valence-electron chi connectivity index (χ1n) is 17.3. The van der Waals surface area contributed by atoms with Gasteiger partial charge in [0.25, 0.3) is 11.8 Å². The third kappa shape index (κ3) is 10.2. The summed E-state index contributed by atoms with van der Waals surface area (Å²) in [7, 11) is 0. The zero-order valence-corrected chi connectivity index (χ0v) is 29.2. The van der Waals surface area contributed by atoms with E-state index in [-0.39, 0.29) is 41.6 Å². The van der Waals surface area contributed by atoms with Crippen LogP contribution in [-0.2, 0) is 16.0 Å². The molecule has 4 aromatic rings. The van der Waals surface area contributed by atoms with Crippen molar-refractivity contribution in [1.29, 1.82) is 0 Å². The highest BCUT2D eigenvalue weighted by molar-refractivity contribution is 6.02. The number of ether oxygens (including phenoxy) is 1. The minimum Gasteiger partial charge on any atom is -0.449 e. The predicted octanol–water partition coefficient (Wildman–Crippen LogP) is 5.30. The van der Waals surface area contributed by atoms with E-state index < -0.39 is 24.1 Å². The van der Waals surface area contributed by atoms with Gasteiger partial charge in [0, 0.05) is 41.6 Å². The summed E-state index contributed by atoms with van der Waals surface area (Å²) in [6.07, 6.45) is 0.562.